The summed E-state index contributed by atoms with van der Waals surface area (Å²) in [6.45, 7) is 0. The molecule has 0 atom stereocenters. The second kappa shape index (κ2) is 9.06. The van der Waals surface area contributed by atoms with Gasteiger partial charge < -0.3 is 9.88 Å². The zero-order valence-electron chi connectivity index (χ0n) is 18.4. The van der Waals surface area contributed by atoms with E-state index in [1.807, 2.05) is 0 Å². The number of aryl methyl sites for hydroxylation is 1. The lowest BCUT2D eigenvalue weighted by Gasteiger charge is -2.28. The molecular weight excluding hydrogens is 424 g/mol. The summed E-state index contributed by atoms with van der Waals surface area (Å²) in [6.07, 6.45) is 15.6. The third-order valence-electron chi connectivity index (χ3n) is 6.84. The van der Waals surface area contributed by atoms with Crippen LogP contribution in [0.15, 0.2) is 30.9 Å². The Kier molecular flexibility index (Phi) is 6.00. The highest BCUT2D eigenvalue weighted by atomic mass is 35.5. The third-order valence-corrected chi connectivity index (χ3v) is 7.12. The summed E-state index contributed by atoms with van der Waals surface area (Å²) in [4.78, 5) is 21.7. The monoisotopic (exact) mass is 452 g/mol. The first kappa shape index (κ1) is 21.2. The first-order chi connectivity index (χ1) is 15.6. The molecule has 32 heavy (non-hydrogen) atoms. The Morgan fingerprint density at radius 2 is 1.91 bits per heavy atom. The summed E-state index contributed by atoms with van der Waals surface area (Å²) in [5.41, 5.74) is 3.89. The first-order valence-electron chi connectivity index (χ1n) is 11.5. The molecule has 5 rings (SSSR count). The second-order valence-electron chi connectivity index (χ2n) is 9.30. The molecule has 7 nitrogen and oxygen atoms in total. The lowest BCUT2D eigenvalue weighted by Crippen LogP contribution is -2.37. The number of halogens is 1. The predicted molar refractivity (Wildman–Crippen MR) is 123 cm³/mol. The van der Waals surface area contributed by atoms with Crippen molar-refractivity contribution in [1.29, 1.82) is 0 Å². The molecule has 168 valence electrons. The van der Waals surface area contributed by atoms with E-state index in [9.17, 15) is 4.79 Å². The van der Waals surface area contributed by atoms with E-state index in [-0.39, 0.29) is 11.9 Å². The highest BCUT2D eigenvalue weighted by molar-refractivity contribution is 6.32. The molecule has 3 aromatic heterocycles. The number of hydrogen-bond donors (Lipinski definition) is 2. The molecule has 0 radical (unpaired) electrons. The van der Waals surface area contributed by atoms with Gasteiger partial charge in [-0.1, -0.05) is 11.6 Å². The summed E-state index contributed by atoms with van der Waals surface area (Å²) in [5, 5.41) is 10.3. The van der Waals surface area contributed by atoms with Gasteiger partial charge in [-0.15, -0.1) is 0 Å². The van der Waals surface area contributed by atoms with E-state index in [1.54, 1.807) is 18.6 Å². The molecule has 2 N–H and O–H groups in total. The van der Waals surface area contributed by atoms with Gasteiger partial charge in [0.05, 0.1) is 22.5 Å². The number of nitrogens with one attached hydrogen (secondary N) is 2. The molecule has 1 amide bonds. The van der Waals surface area contributed by atoms with Gasteiger partial charge in [0.25, 0.3) is 5.91 Å². The van der Waals surface area contributed by atoms with Gasteiger partial charge in [0.15, 0.2) is 0 Å². The van der Waals surface area contributed by atoms with Gasteiger partial charge in [-0.05, 0) is 62.8 Å². The summed E-state index contributed by atoms with van der Waals surface area (Å²) in [6, 6.07) is 2.34. The second-order valence-corrected chi connectivity index (χ2v) is 9.71. The SMILES string of the molecule is Cn1ccc(-c2nc(CC3CCC(NC(=O)c4cn[nH]c4)CC3)ncc2Cl)c1CC1CC1. The Morgan fingerprint density at radius 1 is 1.16 bits per heavy atom. The van der Waals surface area contributed by atoms with Crippen molar-refractivity contribution in [3.8, 4) is 11.3 Å². The number of rotatable bonds is 7. The van der Waals surface area contributed by atoms with Crippen LogP contribution in [0.4, 0.5) is 0 Å². The van der Waals surface area contributed by atoms with E-state index < -0.39 is 0 Å². The Hall–Kier alpha value is -2.67. The van der Waals surface area contributed by atoms with E-state index >= 15 is 0 Å². The summed E-state index contributed by atoms with van der Waals surface area (Å²) >= 11 is 6.54. The molecule has 0 aromatic carbocycles. The van der Waals surface area contributed by atoms with Crippen molar-refractivity contribution in [1.82, 2.24) is 30.0 Å². The minimum absolute atomic E-state index is 0.0576. The fourth-order valence-corrected chi connectivity index (χ4v) is 4.92. The largest absolute Gasteiger partial charge is 0.354 e. The predicted octanol–water partition coefficient (Wildman–Crippen LogP) is 4.34. The summed E-state index contributed by atoms with van der Waals surface area (Å²) in [7, 11) is 2.10. The van der Waals surface area contributed by atoms with Crippen molar-refractivity contribution in [3.63, 3.8) is 0 Å². The van der Waals surface area contributed by atoms with Crippen LogP contribution in [0.5, 0.6) is 0 Å². The van der Waals surface area contributed by atoms with Gasteiger partial charge in [-0.3, -0.25) is 9.89 Å². The van der Waals surface area contributed by atoms with Crippen molar-refractivity contribution in [2.75, 3.05) is 0 Å². The molecule has 8 heteroatoms. The third kappa shape index (κ3) is 4.72. The van der Waals surface area contributed by atoms with Crippen molar-refractivity contribution in [2.24, 2.45) is 18.9 Å². The van der Waals surface area contributed by atoms with Crippen molar-refractivity contribution in [2.45, 2.75) is 57.4 Å². The summed E-state index contributed by atoms with van der Waals surface area (Å²) < 4.78 is 2.20. The van der Waals surface area contributed by atoms with E-state index in [0.29, 0.717) is 16.5 Å². The number of aromatic nitrogens is 5. The minimum Gasteiger partial charge on any atom is -0.354 e. The number of carbonyl (C=O) groups is 1. The maximum Gasteiger partial charge on any atom is 0.254 e. The van der Waals surface area contributed by atoms with Gasteiger partial charge in [0, 0.05) is 49.4 Å². The van der Waals surface area contributed by atoms with E-state index in [4.69, 9.17) is 16.6 Å². The minimum atomic E-state index is -0.0576. The van der Waals surface area contributed by atoms with E-state index in [0.717, 1.165) is 61.5 Å². The Bertz CT molecular complexity index is 1080. The van der Waals surface area contributed by atoms with Crippen LogP contribution < -0.4 is 5.32 Å². The van der Waals surface area contributed by atoms with Crippen LogP contribution in [0.1, 0.15) is 60.4 Å². The highest BCUT2D eigenvalue weighted by Gasteiger charge is 2.27. The number of aromatic amines is 1. The van der Waals surface area contributed by atoms with E-state index in [2.05, 4.69) is 44.4 Å². The highest BCUT2D eigenvalue weighted by Crippen LogP contribution is 2.37. The van der Waals surface area contributed by atoms with Crippen LogP contribution in [0.2, 0.25) is 5.02 Å². The number of nitrogens with zero attached hydrogens (tertiary/aromatic N) is 4. The average molecular weight is 453 g/mol. The van der Waals surface area contributed by atoms with Crippen LogP contribution in [-0.4, -0.2) is 36.7 Å². The maximum absolute atomic E-state index is 12.2. The lowest BCUT2D eigenvalue weighted by atomic mass is 9.84. The van der Waals surface area contributed by atoms with Crippen LogP contribution in [0, 0.1) is 11.8 Å². The Labute approximate surface area is 193 Å². The quantitative estimate of drug-likeness (QED) is 0.558. The average Bonchev–Trinajstić information content (AvgIpc) is 3.29. The molecule has 3 heterocycles. The number of amides is 1. The number of carbonyl (C=O) groups excluding carboxylic acids is 1. The molecule has 0 spiro atoms. The zero-order valence-corrected chi connectivity index (χ0v) is 19.1. The van der Waals surface area contributed by atoms with E-state index in [1.165, 1.54) is 18.5 Å². The van der Waals surface area contributed by atoms with Crippen LogP contribution in [0.25, 0.3) is 11.3 Å². The van der Waals surface area contributed by atoms with Crippen molar-refractivity contribution in [3.05, 3.63) is 53.0 Å². The smallest absolute Gasteiger partial charge is 0.254 e. The van der Waals surface area contributed by atoms with Gasteiger partial charge >= 0.3 is 0 Å². The van der Waals surface area contributed by atoms with Crippen LogP contribution in [0.3, 0.4) is 0 Å². The van der Waals surface area contributed by atoms with Crippen molar-refractivity contribution < 1.29 is 4.79 Å². The molecular formula is C24H29ClN6O. The topological polar surface area (TPSA) is 88.5 Å². The number of hydrogen-bond acceptors (Lipinski definition) is 4. The lowest BCUT2D eigenvalue weighted by molar-refractivity contribution is 0.0921. The van der Waals surface area contributed by atoms with Gasteiger partial charge in [0.1, 0.15) is 5.82 Å². The Morgan fingerprint density at radius 3 is 2.62 bits per heavy atom. The molecule has 3 aromatic rings. The molecule has 2 aliphatic rings. The zero-order chi connectivity index (χ0) is 22.1. The Balaban J connectivity index is 1.22. The first-order valence-corrected chi connectivity index (χ1v) is 11.9. The molecule has 0 saturated heterocycles. The molecule has 0 bridgehead atoms. The molecule has 2 aliphatic carbocycles. The summed E-state index contributed by atoms with van der Waals surface area (Å²) in [5.74, 6) is 2.12. The normalized spacial score (nSPS) is 20.9. The molecule has 2 saturated carbocycles. The standard InChI is InChI=1S/C24H29ClN6O/c1-31-9-8-19(21(31)10-15-2-3-15)23-20(25)14-26-22(30-23)11-16-4-6-18(7-5-16)29-24(32)17-12-27-28-13-17/h8-9,12-16,18H,2-7,10-11H2,1H3,(H,27,28)(H,29,32). The maximum atomic E-state index is 12.2. The molecule has 0 aliphatic heterocycles. The number of H-pyrrole nitrogens is 1. The van der Waals surface area contributed by atoms with Crippen molar-refractivity contribution >= 4 is 17.5 Å². The fraction of sp³-hybridized carbons (Fsp3) is 0.500. The molecule has 2 fully saturated rings. The molecule has 0 unspecified atom stereocenters. The fourth-order valence-electron chi connectivity index (χ4n) is 4.73. The van der Waals surface area contributed by atoms with Crippen LogP contribution in [-0.2, 0) is 19.9 Å². The van der Waals surface area contributed by atoms with Gasteiger partial charge in [0.2, 0.25) is 0 Å². The van der Waals surface area contributed by atoms with Gasteiger partial charge in [-0.2, -0.15) is 5.10 Å². The van der Waals surface area contributed by atoms with Crippen LogP contribution >= 0.6 is 11.6 Å². The van der Waals surface area contributed by atoms with Gasteiger partial charge in [-0.25, -0.2) is 9.97 Å².